The maximum absolute atomic E-state index is 12.8. The lowest BCUT2D eigenvalue weighted by Gasteiger charge is -2.19. The number of benzene rings is 1. The van der Waals surface area contributed by atoms with Crippen molar-refractivity contribution in [3.05, 3.63) is 59.5 Å². The molecule has 7 nitrogen and oxygen atoms in total. The molecule has 0 saturated heterocycles. The predicted octanol–water partition coefficient (Wildman–Crippen LogP) is 3.61. The Labute approximate surface area is 164 Å². The summed E-state index contributed by atoms with van der Waals surface area (Å²) in [5.74, 6) is 1.64. The number of thioether (sulfide) groups is 1. The monoisotopic (exact) mass is 400 g/mol. The van der Waals surface area contributed by atoms with E-state index in [1.165, 1.54) is 28.1 Å². The molecule has 1 aromatic carbocycles. The van der Waals surface area contributed by atoms with Crippen molar-refractivity contribution >= 4 is 34.7 Å². The Kier molecular flexibility index (Phi) is 5.21. The molecule has 0 aliphatic carbocycles. The van der Waals surface area contributed by atoms with Gasteiger partial charge in [0.15, 0.2) is 4.34 Å². The van der Waals surface area contributed by atoms with Crippen LogP contribution in [0.5, 0.6) is 5.75 Å². The summed E-state index contributed by atoms with van der Waals surface area (Å²) >= 11 is 2.77. The largest absolute Gasteiger partial charge is 0.497 e. The lowest BCUT2D eigenvalue weighted by Crippen LogP contribution is -2.28. The van der Waals surface area contributed by atoms with E-state index in [1.807, 2.05) is 36.4 Å². The van der Waals surface area contributed by atoms with Gasteiger partial charge in [0.25, 0.3) is 5.91 Å². The highest BCUT2D eigenvalue weighted by Crippen LogP contribution is 2.34. The zero-order chi connectivity index (χ0) is 18.6. The Balaban J connectivity index is 1.56. The molecule has 1 atom stereocenters. The van der Waals surface area contributed by atoms with Crippen molar-refractivity contribution in [3.63, 3.8) is 0 Å². The van der Waals surface area contributed by atoms with E-state index in [1.54, 1.807) is 18.9 Å². The average Bonchev–Trinajstić information content (AvgIpc) is 3.47. The van der Waals surface area contributed by atoms with Gasteiger partial charge in [0.2, 0.25) is 0 Å². The van der Waals surface area contributed by atoms with Crippen LogP contribution >= 0.6 is 23.1 Å². The number of rotatable bonds is 6. The van der Waals surface area contributed by atoms with Gasteiger partial charge in [0.1, 0.15) is 23.1 Å². The van der Waals surface area contributed by atoms with Crippen LogP contribution in [0.1, 0.15) is 23.8 Å². The van der Waals surface area contributed by atoms with Gasteiger partial charge in [-0.25, -0.2) is 5.01 Å². The summed E-state index contributed by atoms with van der Waals surface area (Å²) in [6.45, 7) is 0. The van der Waals surface area contributed by atoms with E-state index in [9.17, 15) is 4.79 Å². The Bertz CT molecular complexity index is 924. The van der Waals surface area contributed by atoms with E-state index >= 15 is 0 Å². The summed E-state index contributed by atoms with van der Waals surface area (Å²) in [5.41, 5.74) is 3.45. The van der Waals surface area contributed by atoms with E-state index in [-0.39, 0.29) is 17.7 Å². The molecule has 27 heavy (non-hydrogen) atoms. The van der Waals surface area contributed by atoms with Gasteiger partial charge in [0.05, 0.1) is 24.8 Å². The second kappa shape index (κ2) is 7.93. The summed E-state index contributed by atoms with van der Waals surface area (Å²) in [4.78, 5) is 12.8. The molecule has 1 aliphatic heterocycles. The number of hydrogen-bond donors (Lipinski definition) is 0. The van der Waals surface area contributed by atoms with Crippen LogP contribution in [0.3, 0.4) is 0 Å². The number of aromatic nitrogens is 2. The van der Waals surface area contributed by atoms with Crippen molar-refractivity contribution in [3.8, 4) is 5.75 Å². The molecule has 0 bridgehead atoms. The molecule has 138 valence electrons. The zero-order valence-electron chi connectivity index (χ0n) is 14.4. The van der Waals surface area contributed by atoms with Crippen molar-refractivity contribution in [2.75, 3.05) is 12.9 Å². The standard InChI is InChI=1S/C18H16N4O3S2/c1-24-13-6-4-12(5-7-13)14-9-15(16-3-2-8-25-16)22(21-14)17(23)10-26-18-20-19-11-27-18/h2-8,11,15H,9-10H2,1H3. The minimum atomic E-state index is -0.250. The minimum absolute atomic E-state index is 0.0971. The minimum Gasteiger partial charge on any atom is -0.497 e. The molecule has 9 heteroatoms. The average molecular weight is 400 g/mol. The smallest absolute Gasteiger partial charge is 0.253 e. The molecular formula is C18H16N4O3S2. The van der Waals surface area contributed by atoms with Crippen molar-refractivity contribution in [2.45, 2.75) is 16.8 Å². The highest BCUT2D eigenvalue weighted by atomic mass is 32.2. The third-order valence-corrected chi connectivity index (χ3v) is 5.96. The van der Waals surface area contributed by atoms with E-state index in [0.717, 1.165) is 27.1 Å². The topological polar surface area (TPSA) is 80.8 Å². The number of hydrogen-bond acceptors (Lipinski definition) is 8. The Morgan fingerprint density at radius 1 is 1.37 bits per heavy atom. The molecule has 4 rings (SSSR count). The molecule has 0 fully saturated rings. The zero-order valence-corrected chi connectivity index (χ0v) is 16.1. The fraction of sp³-hybridized carbons (Fsp3) is 0.222. The molecule has 1 amide bonds. The molecule has 2 aromatic heterocycles. The maximum atomic E-state index is 12.8. The number of carbonyl (C=O) groups excluding carboxylic acids is 1. The summed E-state index contributed by atoms with van der Waals surface area (Å²) in [6, 6.07) is 11.1. The van der Waals surface area contributed by atoms with Gasteiger partial charge in [-0.15, -0.1) is 10.2 Å². The van der Waals surface area contributed by atoms with Gasteiger partial charge in [-0.3, -0.25) is 4.79 Å². The van der Waals surface area contributed by atoms with Crippen molar-refractivity contribution in [1.82, 2.24) is 15.2 Å². The highest BCUT2D eigenvalue weighted by Gasteiger charge is 2.34. The van der Waals surface area contributed by atoms with Gasteiger partial charge in [-0.1, -0.05) is 23.1 Å². The molecule has 3 aromatic rings. The van der Waals surface area contributed by atoms with Gasteiger partial charge in [-0.2, -0.15) is 5.10 Å². The maximum Gasteiger partial charge on any atom is 0.253 e. The van der Waals surface area contributed by atoms with E-state index in [2.05, 4.69) is 15.3 Å². The third-order valence-electron chi connectivity index (χ3n) is 4.12. The number of methoxy groups -OCH3 is 1. The van der Waals surface area contributed by atoms with E-state index < -0.39 is 0 Å². The fourth-order valence-corrected chi connectivity index (χ4v) is 4.16. The number of nitrogens with zero attached hydrogens (tertiary/aromatic N) is 4. The molecule has 0 radical (unpaired) electrons. The third kappa shape index (κ3) is 3.88. The lowest BCUT2D eigenvalue weighted by molar-refractivity contribution is -0.130. The lowest BCUT2D eigenvalue weighted by atomic mass is 10.0. The van der Waals surface area contributed by atoms with Crippen LogP contribution in [0, 0.1) is 0 Å². The van der Waals surface area contributed by atoms with Gasteiger partial charge >= 0.3 is 0 Å². The molecule has 0 spiro atoms. The second-order valence-corrected chi connectivity index (χ2v) is 7.80. The fourth-order valence-electron chi connectivity index (χ4n) is 2.82. The van der Waals surface area contributed by atoms with E-state index in [4.69, 9.17) is 9.15 Å². The number of hydrazone groups is 1. The summed E-state index contributed by atoms with van der Waals surface area (Å²) in [7, 11) is 1.63. The Hall–Kier alpha value is -2.65. The first-order chi connectivity index (χ1) is 13.2. The highest BCUT2D eigenvalue weighted by molar-refractivity contribution is 8.01. The molecule has 0 saturated carbocycles. The summed E-state index contributed by atoms with van der Waals surface area (Å²) in [6.07, 6.45) is 2.20. The Morgan fingerprint density at radius 3 is 2.89 bits per heavy atom. The van der Waals surface area contributed by atoms with Crippen molar-refractivity contribution in [1.29, 1.82) is 0 Å². The van der Waals surface area contributed by atoms with Crippen LogP contribution in [-0.4, -0.2) is 39.7 Å². The van der Waals surface area contributed by atoms with Crippen molar-refractivity contribution in [2.24, 2.45) is 5.10 Å². The first-order valence-electron chi connectivity index (χ1n) is 8.21. The van der Waals surface area contributed by atoms with Gasteiger partial charge < -0.3 is 9.15 Å². The van der Waals surface area contributed by atoms with Crippen LogP contribution in [0.15, 0.2) is 62.0 Å². The van der Waals surface area contributed by atoms with Crippen LogP contribution in [0.2, 0.25) is 0 Å². The Morgan fingerprint density at radius 2 is 2.22 bits per heavy atom. The summed E-state index contributed by atoms with van der Waals surface area (Å²) in [5, 5.41) is 13.9. The van der Waals surface area contributed by atoms with Crippen LogP contribution in [0.4, 0.5) is 0 Å². The van der Waals surface area contributed by atoms with Gasteiger partial charge in [-0.05, 0) is 42.0 Å². The number of amides is 1. The molecule has 3 heterocycles. The SMILES string of the molecule is COc1ccc(C2=NN(C(=O)CSc3nncs3)C(c3ccco3)C2)cc1. The number of carbonyl (C=O) groups is 1. The van der Waals surface area contributed by atoms with Crippen LogP contribution in [-0.2, 0) is 4.79 Å². The number of furan rings is 1. The summed E-state index contributed by atoms with van der Waals surface area (Å²) < 4.78 is 11.5. The number of ether oxygens (including phenoxy) is 1. The molecule has 1 aliphatic rings. The first kappa shape index (κ1) is 17.7. The normalized spacial score (nSPS) is 16.4. The second-order valence-electron chi connectivity index (χ2n) is 5.74. The first-order valence-corrected chi connectivity index (χ1v) is 10.1. The predicted molar refractivity (Wildman–Crippen MR) is 103 cm³/mol. The molecule has 0 N–H and O–H groups in total. The van der Waals surface area contributed by atoms with Crippen LogP contribution < -0.4 is 4.74 Å². The molecule has 1 unspecified atom stereocenters. The van der Waals surface area contributed by atoms with Crippen molar-refractivity contribution < 1.29 is 13.9 Å². The molecular weight excluding hydrogens is 384 g/mol. The van der Waals surface area contributed by atoms with Crippen LogP contribution in [0.25, 0.3) is 0 Å². The quantitative estimate of drug-likeness (QED) is 0.588. The van der Waals surface area contributed by atoms with E-state index in [0.29, 0.717) is 6.42 Å². The van der Waals surface area contributed by atoms with Gasteiger partial charge in [0, 0.05) is 6.42 Å².